The van der Waals surface area contributed by atoms with E-state index in [0.717, 1.165) is 18.2 Å². The average molecular weight is 418 g/mol. The molecule has 1 heterocycles. The van der Waals surface area contributed by atoms with Crippen molar-refractivity contribution >= 4 is 45.3 Å². The molecule has 0 aromatic heterocycles. The number of likely N-dealkylation sites (tertiary alicyclic amines) is 1. The van der Waals surface area contributed by atoms with Crippen molar-refractivity contribution in [3.8, 4) is 0 Å². The highest BCUT2D eigenvalue weighted by Crippen LogP contribution is 2.20. The van der Waals surface area contributed by atoms with Crippen molar-refractivity contribution < 1.29 is 32.3 Å². The first kappa shape index (κ1) is 20.8. The van der Waals surface area contributed by atoms with Gasteiger partial charge in [-0.3, -0.25) is 19.7 Å². The standard InChI is InChI=1S/C15H16ClN3O7S/c16-11-4-3-9(27(17,24)25)6-10(11)15(23)26-8-13(21)18-12(20)7-19-5-1-2-14(19)22/h3-4,6H,1-2,5,7-8H2,(H2,17,24,25)(H,18,20,21). The van der Waals surface area contributed by atoms with Crippen LogP contribution in [-0.4, -0.2) is 56.7 Å². The van der Waals surface area contributed by atoms with Gasteiger partial charge >= 0.3 is 5.97 Å². The zero-order chi connectivity index (χ0) is 20.2. The molecule has 0 unspecified atom stereocenters. The molecule has 0 bridgehead atoms. The number of nitrogens with zero attached hydrogens (tertiary/aromatic N) is 1. The number of ether oxygens (including phenoxy) is 1. The van der Waals surface area contributed by atoms with E-state index in [-0.39, 0.29) is 27.9 Å². The van der Waals surface area contributed by atoms with Gasteiger partial charge in [-0.15, -0.1) is 0 Å². The number of amides is 3. The number of hydrogen-bond donors (Lipinski definition) is 2. The van der Waals surface area contributed by atoms with Gasteiger partial charge in [-0.1, -0.05) is 11.6 Å². The highest BCUT2D eigenvalue weighted by molar-refractivity contribution is 7.89. The van der Waals surface area contributed by atoms with Gasteiger partial charge < -0.3 is 9.64 Å². The second-order valence-corrected chi connectivity index (χ2v) is 7.62. The first-order valence-electron chi connectivity index (χ1n) is 7.68. The van der Waals surface area contributed by atoms with Crippen molar-refractivity contribution in [3.05, 3.63) is 28.8 Å². The average Bonchev–Trinajstić information content (AvgIpc) is 2.96. The van der Waals surface area contributed by atoms with Gasteiger partial charge in [-0.25, -0.2) is 18.4 Å². The van der Waals surface area contributed by atoms with Gasteiger partial charge in [0, 0.05) is 13.0 Å². The number of hydrogen-bond acceptors (Lipinski definition) is 7. The number of halogens is 1. The maximum Gasteiger partial charge on any atom is 0.340 e. The van der Waals surface area contributed by atoms with Crippen molar-refractivity contribution in [2.75, 3.05) is 19.7 Å². The van der Waals surface area contributed by atoms with Crippen molar-refractivity contribution in [3.63, 3.8) is 0 Å². The zero-order valence-corrected chi connectivity index (χ0v) is 15.5. The minimum atomic E-state index is -4.06. The predicted octanol–water partition coefficient (Wildman–Crippen LogP) is -0.591. The lowest BCUT2D eigenvalue weighted by Crippen LogP contribution is -2.42. The summed E-state index contributed by atoms with van der Waals surface area (Å²) in [5.41, 5.74) is -0.301. The summed E-state index contributed by atoms with van der Waals surface area (Å²) in [6, 6.07) is 3.18. The van der Waals surface area contributed by atoms with E-state index >= 15 is 0 Å². The summed E-state index contributed by atoms with van der Waals surface area (Å²) in [5, 5.41) is 6.86. The molecule has 1 aromatic rings. The van der Waals surface area contributed by atoms with Gasteiger partial charge in [0.05, 0.1) is 22.0 Å². The number of carbonyl (C=O) groups excluding carboxylic acids is 4. The first-order valence-corrected chi connectivity index (χ1v) is 9.60. The maximum absolute atomic E-state index is 12.0. The fourth-order valence-corrected chi connectivity index (χ4v) is 3.06. The molecule has 2 rings (SSSR count). The molecule has 10 nitrogen and oxygen atoms in total. The molecule has 0 aliphatic carbocycles. The normalized spacial score (nSPS) is 14.1. The fraction of sp³-hybridized carbons (Fsp3) is 0.333. The minimum Gasteiger partial charge on any atom is -0.452 e. The van der Waals surface area contributed by atoms with Crippen LogP contribution in [0.5, 0.6) is 0 Å². The Hall–Kier alpha value is -2.50. The molecular formula is C15H16ClN3O7S. The van der Waals surface area contributed by atoms with E-state index in [1.54, 1.807) is 0 Å². The summed E-state index contributed by atoms with van der Waals surface area (Å²) >= 11 is 5.82. The van der Waals surface area contributed by atoms with E-state index in [0.29, 0.717) is 19.4 Å². The molecule has 1 fully saturated rings. The summed E-state index contributed by atoms with van der Waals surface area (Å²) in [6.07, 6.45) is 1.01. The lowest BCUT2D eigenvalue weighted by atomic mass is 10.2. The second kappa shape index (κ2) is 8.46. The first-order chi connectivity index (χ1) is 12.6. The Balaban J connectivity index is 1.90. The van der Waals surface area contributed by atoms with E-state index in [1.165, 1.54) is 4.90 Å². The monoisotopic (exact) mass is 417 g/mol. The van der Waals surface area contributed by atoms with Crippen LogP contribution in [0.3, 0.4) is 0 Å². The third kappa shape index (κ3) is 5.74. The van der Waals surface area contributed by atoms with Crippen LogP contribution < -0.4 is 10.5 Å². The third-order valence-corrected chi connectivity index (χ3v) is 4.85. The summed E-state index contributed by atoms with van der Waals surface area (Å²) < 4.78 is 27.4. The maximum atomic E-state index is 12.0. The van der Waals surface area contributed by atoms with Crippen LogP contribution in [0.1, 0.15) is 23.2 Å². The number of imide groups is 1. The van der Waals surface area contributed by atoms with Crippen LogP contribution in [0, 0.1) is 0 Å². The van der Waals surface area contributed by atoms with E-state index < -0.39 is 34.4 Å². The molecule has 1 saturated heterocycles. The van der Waals surface area contributed by atoms with Crippen LogP contribution in [0.4, 0.5) is 0 Å². The van der Waals surface area contributed by atoms with Crippen LogP contribution in [0.25, 0.3) is 0 Å². The number of carbonyl (C=O) groups is 4. The Morgan fingerprint density at radius 1 is 1.26 bits per heavy atom. The Morgan fingerprint density at radius 2 is 1.96 bits per heavy atom. The van der Waals surface area contributed by atoms with Crippen molar-refractivity contribution in [2.24, 2.45) is 5.14 Å². The summed E-state index contributed by atoms with van der Waals surface area (Å²) in [7, 11) is -4.06. The van der Waals surface area contributed by atoms with Crippen molar-refractivity contribution in [2.45, 2.75) is 17.7 Å². The lowest BCUT2D eigenvalue weighted by molar-refractivity contribution is -0.137. The summed E-state index contributed by atoms with van der Waals surface area (Å²) in [5.74, 6) is -2.85. The predicted molar refractivity (Wildman–Crippen MR) is 92.1 cm³/mol. The number of primary sulfonamides is 1. The quantitative estimate of drug-likeness (QED) is 0.586. The lowest BCUT2D eigenvalue weighted by Gasteiger charge is -2.14. The number of sulfonamides is 1. The van der Waals surface area contributed by atoms with E-state index in [2.05, 4.69) is 0 Å². The molecule has 3 N–H and O–H groups in total. The highest BCUT2D eigenvalue weighted by Gasteiger charge is 2.23. The molecular weight excluding hydrogens is 402 g/mol. The molecule has 0 saturated carbocycles. The topological polar surface area (TPSA) is 153 Å². The van der Waals surface area contributed by atoms with Gasteiger partial charge in [0.25, 0.3) is 5.91 Å². The molecule has 1 aliphatic heterocycles. The smallest absolute Gasteiger partial charge is 0.340 e. The molecule has 0 atom stereocenters. The van der Waals surface area contributed by atoms with Gasteiger partial charge in [-0.2, -0.15) is 0 Å². The van der Waals surface area contributed by atoms with Gasteiger partial charge in [0.1, 0.15) is 0 Å². The second-order valence-electron chi connectivity index (χ2n) is 5.65. The van der Waals surface area contributed by atoms with Crippen molar-refractivity contribution in [1.29, 1.82) is 0 Å². The van der Waals surface area contributed by atoms with Crippen LogP contribution in [0.2, 0.25) is 5.02 Å². The van der Waals surface area contributed by atoms with E-state index in [4.69, 9.17) is 21.5 Å². The molecule has 1 aliphatic rings. The Labute approximate surface area is 159 Å². The molecule has 0 spiro atoms. The van der Waals surface area contributed by atoms with Gasteiger partial charge in [0.15, 0.2) is 6.61 Å². The Morgan fingerprint density at radius 3 is 2.56 bits per heavy atom. The molecule has 12 heteroatoms. The number of esters is 1. The molecule has 3 amide bonds. The van der Waals surface area contributed by atoms with Crippen molar-refractivity contribution in [1.82, 2.24) is 10.2 Å². The van der Waals surface area contributed by atoms with Gasteiger partial charge in [0.2, 0.25) is 21.8 Å². The molecule has 146 valence electrons. The molecule has 1 aromatic carbocycles. The van der Waals surface area contributed by atoms with Crippen LogP contribution in [-0.2, 0) is 29.1 Å². The fourth-order valence-electron chi connectivity index (χ4n) is 2.32. The van der Waals surface area contributed by atoms with Gasteiger partial charge in [-0.05, 0) is 24.6 Å². The SMILES string of the molecule is NS(=O)(=O)c1ccc(Cl)c(C(=O)OCC(=O)NC(=O)CN2CCCC2=O)c1. The summed E-state index contributed by atoms with van der Waals surface area (Å²) in [4.78, 5) is 47.8. The Bertz CT molecular complexity index is 901. The van der Waals surface area contributed by atoms with E-state index in [9.17, 15) is 27.6 Å². The number of nitrogens with two attached hydrogens (primary N) is 1. The van der Waals surface area contributed by atoms with E-state index in [1.807, 2.05) is 5.32 Å². The molecule has 0 radical (unpaired) electrons. The third-order valence-electron chi connectivity index (χ3n) is 3.61. The van der Waals surface area contributed by atoms with Crippen LogP contribution >= 0.6 is 11.6 Å². The number of benzene rings is 1. The summed E-state index contributed by atoms with van der Waals surface area (Å²) in [6.45, 7) is -0.622. The number of rotatable bonds is 6. The van der Waals surface area contributed by atoms with Crippen LogP contribution in [0.15, 0.2) is 23.1 Å². The Kier molecular flexibility index (Phi) is 6.52. The number of nitrogens with one attached hydrogen (secondary N) is 1. The largest absolute Gasteiger partial charge is 0.452 e. The molecule has 27 heavy (non-hydrogen) atoms. The minimum absolute atomic E-state index is 0.101. The zero-order valence-electron chi connectivity index (χ0n) is 13.9. The highest BCUT2D eigenvalue weighted by atomic mass is 35.5.